The van der Waals surface area contributed by atoms with Crippen molar-refractivity contribution in [3.63, 3.8) is 0 Å². The number of halogens is 1. The first kappa shape index (κ1) is 22.2. The van der Waals surface area contributed by atoms with Crippen LogP contribution in [-0.4, -0.2) is 68.6 Å². The lowest BCUT2D eigenvalue weighted by atomic mass is 10.0. The molecule has 2 rings (SSSR count). The lowest BCUT2D eigenvalue weighted by Crippen LogP contribution is -2.51. The fourth-order valence-electron chi connectivity index (χ4n) is 3.17. The van der Waals surface area contributed by atoms with Crippen molar-refractivity contribution >= 4 is 29.9 Å². The minimum absolute atomic E-state index is 0. The summed E-state index contributed by atoms with van der Waals surface area (Å²) in [5.74, 6) is 0.898. The summed E-state index contributed by atoms with van der Waals surface area (Å²) in [5, 5.41) is 6.92. The average Bonchev–Trinajstić information content (AvgIpc) is 2.56. The van der Waals surface area contributed by atoms with Gasteiger partial charge < -0.3 is 15.5 Å². The molecule has 0 radical (unpaired) electrons. The number of guanidine groups is 1. The second kappa shape index (κ2) is 11.0. The molecule has 1 saturated heterocycles. The Hall–Kier alpha value is -0.860. The SMILES string of the molecule is CCNC(=NCC1CN(C)CCN1C)NC(C)c1ccccc1C.I. The van der Waals surface area contributed by atoms with Gasteiger partial charge in [-0.1, -0.05) is 24.3 Å². The van der Waals surface area contributed by atoms with Gasteiger partial charge >= 0.3 is 0 Å². The highest BCUT2D eigenvalue weighted by atomic mass is 127. The molecule has 0 amide bonds. The normalized spacial score (nSPS) is 20.7. The predicted molar refractivity (Wildman–Crippen MR) is 118 cm³/mol. The van der Waals surface area contributed by atoms with E-state index in [2.05, 4.69) is 79.6 Å². The van der Waals surface area contributed by atoms with Crippen molar-refractivity contribution in [3.05, 3.63) is 35.4 Å². The van der Waals surface area contributed by atoms with Crippen molar-refractivity contribution < 1.29 is 0 Å². The van der Waals surface area contributed by atoms with E-state index < -0.39 is 0 Å². The van der Waals surface area contributed by atoms with Crippen LogP contribution in [0, 0.1) is 6.92 Å². The molecule has 0 bridgehead atoms. The number of piperazine rings is 1. The highest BCUT2D eigenvalue weighted by Gasteiger charge is 2.22. The molecule has 1 aliphatic rings. The Morgan fingerprint density at radius 2 is 2.00 bits per heavy atom. The summed E-state index contributed by atoms with van der Waals surface area (Å²) >= 11 is 0. The smallest absolute Gasteiger partial charge is 0.191 e. The zero-order valence-electron chi connectivity index (χ0n) is 16.2. The molecule has 0 aliphatic carbocycles. The van der Waals surface area contributed by atoms with Gasteiger partial charge in [0.2, 0.25) is 0 Å². The fourth-order valence-corrected chi connectivity index (χ4v) is 3.17. The molecule has 1 fully saturated rings. The van der Waals surface area contributed by atoms with Crippen LogP contribution in [0.4, 0.5) is 0 Å². The van der Waals surface area contributed by atoms with Crippen molar-refractivity contribution in [1.82, 2.24) is 20.4 Å². The first-order chi connectivity index (χ1) is 11.5. The van der Waals surface area contributed by atoms with Crippen molar-refractivity contribution in [2.24, 2.45) is 4.99 Å². The van der Waals surface area contributed by atoms with Gasteiger partial charge in [0.25, 0.3) is 0 Å². The third kappa shape index (κ3) is 6.75. The minimum Gasteiger partial charge on any atom is -0.357 e. The van der Waals surface area contributed by atoms with Crippen molar-refractivity contribution in [3.8, 4) is 0 Å². The number of hydrogen-bond donors (Lipinski definition) is 2. The van der Waals surface area contributed by atoms with E-state index >= 15 is 0 Å². The molecule has 0 saturated carbocycles. The molecule has 5 nitrogen and oxygen atoms in total. The van der Waals surface area contributed by atoms with Crippen LogP contribution in [0.1, 0.15) is 31.0 Å². The van der Waals surface area contributed by atoms with Gasteiger partial charge in [-0.25, -0.2) is 0 Å². The number of aliphatic imine (C=N–C) groups is 1. The summed E-state index contributed by atoms with van der Waals surface area (Å²) in [6.45, 7) is 11.5. The van der Waals surface area contributed by atoms with Crippen LogP contribution in [0.2, 0.25) is 0 Å². The second-order valence-corrected chi connectivity index (χ2v) is 6.84. The Morgan fingerprint density at radius 1 is 1.28 bits per heavy atom. The maximum atomic E-state index is 4.84. The zero-order chi connectivity index (χ0) is 17.5. The number of likely N-dealkylation sites (N-methyl/N-ethyl adjacent to an activating group) is 2. The third-order valence-electron chi connectivity index (χ3n) is 4.79. The quantitative estimate of drug-likeness (QED) is 0.404. The third-order valence-corrected chi connectivity index (χ3v) is 4.79. The molecule has 1 aliphatic heterocycles. The minimum atomic E-state index is 0. The topological polar surface area (TPSA) is 42.9 Å². The van der Waals surface area contributed by atoms with Gasteiger partial charge in [-0.15, -0.1) is 24.0 Å². The number of aryl methyl sites for hydroxylation is 1. The monoisotopic (exact) mass is 459 g/mol. The lowest BCUT2D eigenvalue weighted by Gasteiger charge is -2.37. The van der Waals surface area contributed by atoms with Crippen LogP contribution in [0.5, 0.6) is 0 Å². The van der Waals surface area contributed by atoms with Gasteiger partial charge in [0.1, 0.15) is 0 Å². The van der Waals surface area contributed by atoms with E-state index in [-0.39, 0.29) is 30.0 Å². The average molecular weight is 459 g/mol. The second-order valence-electron chi connectivity index (χ2n) is 6.84. The summed E-state index contributed by atoms with van der Waals surface area (Å²) in [4.78, 5) is 9.64. The highest BCUT2D eigenvalue weighted by molar-refractivity contribution is 14.0. The Kier molecular flexibility index (Phi) is 9.74. The maximum absolute atomic E-state index is 4.84. The first-order valence-electron chi connectivity index (χ1n) is 9.00. The predicted octanol–water partition coefficient (Wildman–Crippen LogP) is 2.47. The van der Waals surface area contributed by atoms with Crippen molar-refractivity contribution in [2.75, 3.05) is 46.8 Å². The molecule has 25 heavy (non-hydrogen) atoms. The molecule has 6 heteroatoms. The Labute approximate surface area is 170 Å². The van der Waals surface area contributed by atoms with Crippen LogP contribution in [0.15, 0.2) is 29.3 Å². The van der Waals surface area contributed by atoms with Crippen molar-refractivity contribution in [1.29, 1.82) is 0 Å². The van der Waals surface area contributed by atoms with Crippen molar-refractivity contribution in [2.45, 2.75) is 32.9 Å². The molecular formula is C19H34IN5. The van der Waals surface area contributed by atoms with Gasteiger partial charge in [0.05, 0.1) is 12.6 Å². The van der Waals surface area contributed by atoms with E-state index in [1.54, 1.807) is 0 Å². The summed E-state index contributed by atoms with van der Waals surface area (Å²) in [7, 11) is 4.39. The van der Waals surface area contributed by atoms with Crippen LogP contribution in [0.25, 0.3) is 0 Å². The van der Waals surface area contributed by atoms with E-state index in [1.165, 1.54) is 11.1 Å². The Balaban J connectivity index is 0.00000312. The number of benzene rings is 1. The highest BCUT2D eigenvalue weighted by Crippen LogP contribution is 2.16. The Bertz CT molecular complexity index is 548. The van der Waals surface area contributed by atoms with E-state index in [1.807, 2.05) is 0 Å². The summed E-state index contributed by atoms with van der Waals surface area (Å²) in [6, 6.07) is 9.23. The Morgan fingerprint density at radius 3 is 2.68 bits per heavy atom. The molecule has 2 N–H and O–H groups in total. The molecule has 1 aromatic rings. The van der Waals surface area contributed by atoms with Gasteiger partial charge in [0.15, 0.2) is 5.96 Å². The lowest BCUT2D eigenvalue weighted by molar-refractivity contribution is 0.119. The number of rotatable bonds is 5. The van der Waals surface area contributed by atoms with Crippen LogP contribution < -0.4 is 10.6 Å². The molecule has 1 heterocycles. The number of nitrogens with zero attached hydrogens (tertiary/aromatic N) is 3. The number of hydrogen-bond acceptors (Lipinski definition) is 3. The van der Waals surface area contributed by atoms with Gasteiger partial charge in [-0.2, -0.15) is 0 Å². The summed E-state index contributed by atoms with van der Waals surface area (Å²) < 4.78 is 0. The largest absolute Gasteiger partial charge is 0.357 e. The van der Waals surface area contributed by atoms with Gasteiger partial charge in [-0.05, 0) is 46.0 Å². The standard InChI is InChI=1S/C19H33N5.HI/c1-6-20-19(21-13-17-14-23(4)11-12-24(17)5)22-16(3)18-10-8-7-9-15(18)2;/h7-10,16-17H,6,11-14H2,1-5H3,(H2,20,21,22);1H. The molecule has 142 valence electrons. The van der Waals surface area contributed by atoms with Gasteiger partial charge in [-0.3, -0.25) is 9.89 Å². The summed E-state index contributed by atoms with van der Waals surface area (Å²) in [5.41, 5.74) is 2.62. The van der Waals surface area contributed by atoms with Crippen LogP contribution >= 0.6 is 24.0 Å². The molecule has 0 spiro atoms. The van der Waals surface area contributed by atoms with E-state index in [0.29, 0.717) is 6.04 Å². The van der Waals surface area contributed by atoms with Crippen LogP contribution in [0.3, 0.4) is 0 Å². The molecule has 2 unspecified atom stereocenters. The molecular weight excluding hydrogens is 425 g/mol. The molecule has 2 atom stereocenters. The molecule has 1 aromatic carbocycles. The van der Waals surface area contributed by atoms with E-state index in [4.69, 9.17) is 4.99 Å². The van der Waals surface area contributed by atoms with E-state index in [9.17, 15) is 0 Å². The number of nitrogens with one attached hydrogen (secondary N) is 2. The molecule has 0 aromatic heterocycles. The summed E-state index contributed by atoms with van der Waals surface area (Å²) in [6.07, 6.45) is 0. The first-order valence-corrected chi connectivity index (χ1v) is 9.00. The van der Waals surface area contributed by atoms with E-state index in [0.717, 1.165) is 38.7 Å². The zero-order valence-corrected chi connectivity index (χ0v) is 18.6. The fraction of sp³-hybridized carbons (Fsp3) is 0.632. The van der Waals surface area contributed by atoms with Gasteiger partial charge in [0, 0.05) is 32.2 Å². The van der Waals surface area contributed by atoms with Crippen LogP contribution in [-0.2, 0) is 0 Å². The maximum Gasteiger partial charge on any atom is 0.191 e.